The zero-order valence-corrected chi connectivity index (χ0v) is 16.1. The lowest BCUT2D eigenvalue weighted by molar-refractivity contribution is -0.137. The molecule has 10 heteroatoms. The van der Waals surface area contributed by atoms with Crippen LogP contribution in [0.4, 0.5) is 10.6 Å². The van der Waals surface area contributed by atoms with Crippen LogP contribution in [0.1, 0.15) is 46.2 Å². The maximum Gasteiger partial charge on any atom is 0.527 e. The summed E-state index contributed by atoms with van der Waals surface area (Å²) in [6, 6.07) is 0.130. The fraction of sp³-hybridized carbons (Fsp3) is 0.647. The number of carbonyl (C=O) groups is 1. The van der Waals surface area contributed by atoms with Gasteiger partial charge in [-0.1, -0.05) is 20.8 Å². The summed E-state index contributed by atoms with van der Waals surface area (Å²) < 4.78 is 6.27. The molecular formula is C17H26N6O4. The summed E-state index contributed by atoms with van der Waals surface area (Å²) in [5.41, 5.74) is 0.763. The van der Waals surface area contributed by atoms with E-state index < -0.39 is 6.16 Å². The van der Waals surface area contributed by atoms with E-state index in [1.807, 2.05) is 20.8 Å². The van der Waals surface area contributed by atoms with Gasteiger partial charge in [-0.05, 0) is 19.8 Å². The van der Waals surface area contributed by atoms with Gasteiger partial charge >= 0.3 is 11.8 Å². The van der Waals surface area contributed by atoms with Gasteiger partial charge in [-0.15, -0.1) is 10.2 Å². The number of hydrogen-bond acceptors (Lipinski definition) is 8. The molecule has 2 aromatic rings. The van der Waals surface area contributed by atoms with Crippen LogP contribution < -0.4 is 11.0 Å². The normalized spacial score (nSPS) is 16.4. The number of ether oxygens (including phenoxy) is 1. The molecule has 3 rings (SSSR count). The van der Waals surface area contributed by atoms with Crippen LogP contribution in [0.3, 0.4) is 0 Å². The average molecular weight is 378 g/mol. The third-order valence-corrected chi connectivity index (χ3v) is 4.43. The summed E-state index contributed by atoms with van der Waals surface area (Å²) >= 11 is 0. The second kappa shape index (κ2) is 7.55. The topological polar surface area (TPSA) is 114 Å². The van der Waals surface area contributed by atoms with Gasteiger partial charge in [-0.25, -0.2) is 24.1 Å². The number of nitrogens with zero attached hydrogens (tertiary/aromatic N) is 4. The van der Waals surface area contributed by atoms with Crippen molar-refractivity contribution in [1.29, 1.82) is 0 Å². The maximum absolute atomic E-state index is 12.0. The number of carbonyl (C=O) groups excluding carboxylic acids is 1. The number of rotatable bonds is 4. The van der Waals surface area contributed by atoms with Crippen LogP contribution in [-0.2, 0) is 15.0 Å². The van der Waals surface area contributed by atoms with Crippen molar-refractivity contribution < 1.29 is 14.4 Å². The number of hydrogen-bond donors (Lipinski definition) is 2. The van der Waals surface area contributed by atoms with Crippen molar-refractivity contribution in [2.75, 3.05) is 25.0 Å². The van der Waals surface area contributed by atoms with Crippen LogP contribution in [-0.4, -0.2) is 56.5 Å². The molecule has 1 saturated heterocycles. The zero-order chi connectivity index (χ0) is 19.6. The predicted molar refractivity (Wildman–Crippen MR) is 98.6 cm³/mol. The predicted octanol–water partition coefficient (Wildman–Crippen LogP) is 1.68. The van der Waals surface area contributed by atoms with Crippen LogP contribution in [0, 0.1) is 0 Å². The molecule has 0 aliphatic carbocycles. The van der Waals surface area contributed by atoms with E-state index in [1.165, 1.54) is 4.40 Å². The first-order chi connectivity index (χ1) is 12.8. The fourth-order valence-corrected chi connectivity index (χ4v) is 2.91. The molecule has 1 aliphatic heterocycles. The molecule has 10 nitrogen and oxygen atoms in total. The Morgan fingerprint density at radius 1 is 1.37 bits per heavy atom. The Morgan fingerprint density at radius 3 is 2.70 bits per heavy atom. The first-order valence-electron chi connectivity index (χ1n) is 9.12. The quantitative estimate of drug-likeness (QED) is 0.773. The van der Waals surface area contributed by atoms with E-state index in [0.717, 1.165) is 18.5 Å². The standard InChI is InChI=1S/C17H26N6O4/c1-5-26-16(25)27-22-8-6-11(7-9-22)18-13-14-20-21-15(24)23(14)10-12(19-13)17(2,3)4/h10-11H,5-9H2,1-4H3,(H,18,19)(H,21,24). The van der Waals surface area contributed by atoms with Gasteiger partial charge in [0.15, 0.2) is 5.82 Å². The molecular weight excluding hydrogens is 352 g/mol. The lowest BCUT2D eigenvalue weighted by atomic mass is 9.92. The van der Waals surface area contributed by atoms with E-state index in [2.05, 4.69) is 15.5 Å². The minimum absolute atomic E-state index is 0.130. The van der Waals surface area contributed by atoms with Crippen LogP contribution in [0.5, 0.6) is 0 Å². The molecule has 0 aromatic carbocycles. The molecule has 0 unspecified atom stereocenters. The maximum atomic E-state index is 12.0. The molecule has 0 atom stereocenters. The van der Waals surface area contributed by atoms with Crippen LogP contribution in [0.2, 0.25) is 0 Å². The van der Waals surface area contributed by atoms with Gasteiger partial charge in [0, 0.05) is 30.7 Å². The molecule has 27 heavy (non-hydrogen) atoms. The van der Waals surface area contributed by atoms with Gasteiger partial charge in [0.1, 0.15) is 0 Å². The van der Waals surface area contributed by atoms with Crippen molar-refractivity contribution in [1.82, 2.24) is 24.6 Å². The Kier molecular flexibility index (Phi) is 5.36. The Hall–Kier alpha value is -2.62. The Bertz CT molecular complexity index is 860. The number of hydroxylamine groups is 2. The first kappa shape index (κ1) is 19.2. The van der Waals surface area contributed by atoms with Crippen LogP contribution >= 0.6 is 0 Å². The fourth-order valence-electron chi connectivity index (χ4n) is 2.91. The van der Waals surface area contributed by atoms with E-state index in [1.54, 1.807) is 18.2 Å². The highest BCUT2D eigenvalue weighted by molar-refractivity contribution is 5.63. The van der Waals surface area contributed by atoms with Crippen LogP contribution in [0.15, 0.2) is 11.0 Å². The van der Waals surface area contributed by atoms with Gasteiger partial charge in [0.2, 0.25) is 5.65 Å². The molecule has 0 bridgehead atoms. The molecule has 2 N–H and O–H groups in total. The summed E-state index contributed by atoms with van der Waals surface area (Å²) in [5, 5.41) is 11.6. The molecule has 148 valence electrons. The van der Waals surface area contributed by atoms with Crippen molar-refractivity contribution in [3.05, 3.63) is 22.4 Å². The molecule has 0 spiro atoms. The van der Waals surface area contributed by atoms with Crippen molar-refractivity contribution >= 4 is 17.6 Å². The van der Waals surface area contributed by atoms with Crippen molar-refractivity contribution in [2.45, 2.75) is 52.0 Å². The smallest absolute Gasteiger partial charge is 0.433 e. The van der Waals surface area contributed by atoms with Gasteiger partial charge < -0.3 is 14.9 Å². The largest absolute Gasteiger partial charge is 0.527 e. The van der Waals surface area contributed by atoms with Gasteiger partial charge in [-0.3, -0.25) is 0 Å². The number of fused-ring (bicyclic) bond motifs is 1. The molecule has 0 radical (unpaired) electrons. The van der Waals surface area contributed by atoms with Crippen LogP contribution in [0.25, 0.3) is 5.65 Å². The first-order valence-corrected chi connectivity index (χ1v) is 9.12. The van der Waals surface area contributed by atoms with E-state index in [-0.39, 0.29) is 23.8 Å². The lowest BCUT2D eigenvalue weighted by Crippen LogP contribution is -2.40. The van der Waals surface area contributed by atoms with Crippen molar-refractivity contribution in [3.63, 3.8) is 0 Å². The Balaban J connectivity index is 1.72. The number of aromatic nitrogens is 4. The number of nitrogens with one attached hydrogen (secondary N) is 2. The zero-order valence-electron chi connectivity index (χ0n) is 16.1. The summed E-state index contributed by atoms with van der Waals surface area (Å²) in [4.78, 5) is 33.3. The second-order valence-corrected chi connectivity index (χ2v) is 7.57. The Labute approximate surface area is 156 Å². The molecule has 1 fully saturated rings. The van der Waals surface area contributed by atoms with Crippen molar-refractivity contribution in [3.8, 4) is 0 Å². The van der Waals surface area contributed by atoms with E-state index in [0.29, 0.717) is 24.6 Å². The van der Waals surface area contributed by atoms with Gasteiger partial charge in [-0.2, -0.15) is 0 Å². The summed E-state index contributed by atoms with van der Waals surface area (Å²) in [5.74, 6) is 0.575. The highest BCUT2D eigenvalue weighted by Gasteiger charge is 2.25. The monoisotopic (exact) mass is 378 g/mol. The highest BCUT2D eigenvalue weighted by atomic mass is 16.8. The molecule has 0 saturated carbocycles. The summed E-state index contributed by atoms with van der Waals surface area (Å²) in [6.45, 7) is 9.31. The molecule has 2 aromatic heterocycles. The summed E-state index contributed by atoms with van der Waals surface area (Å²) in [7, 11) is 0. The lowest BCUT2D eigenvalue weighted by Gasteiger charge is -2.31. The minimum Gasteiger partial charge on any atom is -0.433 e. The van der Waals surface area contributed by atoms with E-state index in [4.69, 9.17) is 14.6 Å². The van der Waals surface area contributed by atoms with E-state index >= 15 is 0 Å². The summed E-state index contributed by atoms with van der Waals surface area (Å²) in [6.07, 6.45) is 2.55. The Morgan fingerprint density at radius 2 is 2.07 bits per heavy atom. The SMILES string of the molecule is CCOC(=O)ON1CCC(Nc2nc(C(C)(C)C)cn3c(=O)[nH]nc23)CC1. The highest BCUT2D eigenvalue weighted by Crippen LogP contribution is 2.24. The molecule has 3 heterocycles. The molecule has 1 aliphatic rings. The van der Waals surface area contributed by atoms with Gasteiger partial charge in [0.25, 0.3) is 0 Å². The van der Waals surface area contributed by atoms with Crippen molar-refractivity contribution in [2.24, 2.45) is 0 Å². The van der Waals surface area contributed by atoms with E-state index in [9.17, 15) is 9.59 Å². The van der Waals surface area contributed by atoms with Gasteiger partial charge in [0.05, 0.1) is 12.3 Å². The third kappa shape index (κ3) is 4.38. The molecule has 0 amide bonds. The number of H-pyrrole nitrogens is 1. The number of piperidine rings is 1. The second-order valence-electron chi connectivity index (χ2n) is 7.57. The third-order valence-electron chi connectivity index (χ3n) is 4.43. The average Bonchev–Trinajstić information content (AvgIpc) is 2.98. The number of aromatic amines is 1. The minimum atomic E-state index is -0.680. The number of anilines is 1.